The number of hydrogen-bond acceptors (Lipinski definition) is 3. The van der Waals surface area contributed by atoms with E-state index in [4.69, 9.17) is 0 Å². The van der Waals surface area contributed by atoms with Crippen LogP contribution in [0.3, 0.4) is 0 Å². The lowest BCUT2D eigenvalue weighted by Crippen LogP contribution is -2.37. The van der Waals surface area contributed by atoms with E-state index in [2.05, 4.69) is 35.2 Å². The number of rotatable bonds is 5. The second kappa shape index (κ2) is 6.09. The van der Waals surface area contributed by atoms with Crippen LogP contribution >= 0.6 is 11.8 Å². The van der Waals surface area contributed by atoms with Crippen LogP contribution in [-0.4, -0.2) is 41.0 Å². The normalized spacial score (nSPS) is 21.4. The third kappa shape index (κ3) is 4.63. The molecule has 0 radical (unpaired) electrons. The molecule has 100 valence electrons. The Morgan fingerprint density at radius 1 is 1.33 bits per heavy atom. The molecular formula is C15H23NOS. The van der Waals surface area contributed by atoms with Crippen molar-refractivity contribution >= 4 is 11.8 Å². The number of nitrogens with zero attached hydrogens (tertiary/aromatic N) is 1. The van der Waals surface area contributed by atoms with Gasteiger partial charge in [0.2, 0.25) is 0 Å². The van der Waals surface area contributed by atoms with E-state index in [0.29, 0.717) is 0 Å². The molecule has 18 heavy (non-hydrogen) atoms. The van der Waals surface area contributed by atoms with Crippen molar-refractivity contribution in [3.63, 3.8) is 0 Å². The molecule has 1 heterocycles. The molecule has 2 rings (SSSR count). The summed E-state index contributed by atoms with van der Waals surface area (Å²) in [5.74, 6) is 1.95. The number of thioether (sulfide) groups is 1. The van der Waals surface area contributed by atoms with Gasteiger partial charge in [0.15, 0.2) is 0 Å². The highest BCUT2D eigenvalue weighted by Crippen LogP contribution is 2.26. The average Bonchev–Trinajstić information content (AvgIpc) is 2.73. The van der Waals surface area contributed by atoms with E-state index in [1.54, 1.807) is 0 Å². The fourth-order valence-corrected chi connectivity index (χ4v) is 3.52. The van der Waals surface area contributed by atoms with Crippen LogP contribution in [-0.2, 0) is 0 Å². The summed E-state index contributed by atoms with van der Waals surface area (Å²) in [5.41, 5.74) is -0.568. The van der Waals surface area contributed by atoms with Crippen molar-refractivity contribution in [3.8, 4) is 0 Å². The third-order valence-electron chi connectivity index (χ3n) is 3.21. The maximum Gasteiger partial charge on any atom is 0.0718 e. The maximum atomic E-state index is 9.83. The first kappa shape index (κ1) is 13.9. The molecule has 1 aliphatic rings. The average molecular weight is 265 g/mol. The summed E-state index contributed by atoms with van der Waals surface area (Å²) in [6, 6.07) is 10.6. The van der Waals surface area contributed by atoms with Gasteiger partial charge in [-0.3, -0.25) is 0 Å². The summed E-state index contributed by atoms with van der Waals surface area (Å²) in [6.45, 7) is 6.82. The zero-order valence-electron chi connectivity index (χ0n) is 11.3. The molecule has 1 unspecified atom stereocenters. The quantitative estimate of drug-likeness (QED) is 0.828. The minimum Gasteiger partial charge on any atom is -0.389 e. The zero-order chi connectivity index (χ0) is 13.0. The van der Waals surface area contributed by atoms with Gasteiger partial charge in [-0.05, 0) is 44.9 Å². The molecule has 1 fully saturated rings. The molecule has 1 aromatic rings. The Balaban J connectivity index is 1.73. The summed E-state index contributed by atoms with van der Waals surface area (Å²) >= 11 is 1.95. The van der Waals surface area contributed by atoms with Gasteiger partial charge >= 0.3 is 0 Å². The Labute approximate surface area is 114 Å². The molecule has 0 aromatic heterocycles. The van der Waals surface area contributed by atoms with Crippen LogP contribution in [0.5, 0.6) is 0 Å². The van der Waals surface area contributed by atoms with E-state index < -0.39 is 5.60 Å². The number of β-amino-alcohol motifs (C(OH)–C–C–N with tert-alkyl or cyclic N) is 1. The molecule has 1 aliphatic heterocycles. The Bertz CT molecular complexity index is 361. The van der Waals surface area contributed by atoms with Gasteiger partial charge < -0.3 is 10.0 Å². The summed E-state index contributed by atoms with van der Waals surface area (Å²) in [7, 11) is 0. The number of likely N-dealkylation sites (tertiary alicyclic amines) is 1. The molecule has 0 amide bonds. The van der Waals surface area contributed by atoms with Gasteiger partial charge in [-0.25, -0.2) is 0 Å². The minimum atomic E-state index is -0.568. The van der Waals surface area contributed by atoms with E-state index in [1.165, 1.54) is 17.1 Å². The van der Waals surface area contributed by atoms with Crippen molar-refractivity contribution in [2.24, 2.45) is 5.92 Å². The molecule has 0 spiro atoms. The molecule has 1 atom stereocenters. The van der Waals surface area contributed by atoms with Gasteiger partial charge in [0.1, 0.15) is 0 Å². The molecule has 1 aromatic carbocycles. The molecule has 2 nitrogen and oxygen atoms in total. The fraction of sp³-hybridized carbons (Fsp3) is 0.600. The van der Waals surface area contributed by atoms with Crippen LogP contribution in [0.4, 0.5) is 0 Å². The number of aliphatic hydroxyl groups is 1. The first-order valence-electron chi connectivity index (χ1n) is 6.65. The second-order valence-corrected chi connectivity index (χ2v) is 6.92. The predicted octanol–water partition coefficient (Wildman–Crippen LogP) is 2.87. The highest BCUT2D eigenvalue weighted by molar-refractivity contribution is 7.99. The smallest absolute Gasteiger partial charge is 0.0718 e. The molecule has 1 saturated heterocycles. The predicted molar refractivity (Wildman–Crippen MR) is 78.0 cm³/mol. The van der Waals surface area contributed by atoms with Crippen LogP contribution in [0.15, 0.2) is 35.2 Å². The summed E-state index contributed by atoms with van der Waals surface area (Å²) in [4.78, 5) is 3.74. The highest BCUT2D eigenvalue weighted by atomic mass is 32.2. The summed E-state index contributed by atoms with van der Waals surface area (Å²) in [5, 5.41) is 9.83. The summed E-state index contributed by atoms with van der Waals surface area (Å²) < 4.78 is 0. The Morgan fingerprint density at radius 3 is 2.72 bits per heavy atom. The first-order chi connectivity index (χ1) is 8.53. The van der Waals surface area contributed by atoms with Gasteiger partial charge in [0, 0.05) is 23.7 Å². The Morgan fingerprint density at radius 2 is 2.06 bits per heavy atom. The number of hydrogen-bond donors (Lipinski definition) is 1. The first-order valence-corrected chi connectivity index (χ1v) is 7.64. The van der Waals surface area contributed by atoms with Crippen molar-refractivity contribution in [2.45, 2.75) is 30.8 Å². The SMILES string of the molecule is CC(C)(O)CN1CCC(CSc2ccccc2)C1. The van der Waals surface area contributed by atoms with E-state index in [0.717, 1.165) is 25.6 Å². The van der Waals surface area contributed by atoms with E-state index >= 15 is 0 Å². The van der Waals surface area contributed by atoms with Crippen LogP contribution in [0.1, 0.15) is 20.3 Å². The van der Waals surface area contributed by atoms with Crippen molar-refractivity contribution in [1.29, 1.82) is 0 Å². The van der Waals surface area contributed by atoms with Gasteiger partial charge in [-0.1, -0.05) is 18.2 Å². The van der Waals surface area contributed by atoms with Gasteiger partial charge in [-0.15, -0.1) is 11.8 Å². The van der Waals surface area contributed by atoms with E-state index in [1.807, 2.05) is 25.6 Å². The van der Waals surface area contributed by atoms with Crippen molar-refractivity contribution in [2.75, 3.05) is 25.4 Å². The van der Waals surface area contributed by atoms with Gasteiger partial charge in [0.25, 0.3) is 0 Å². The lowest BCUT2D eigenvalue weighted by molar-refractivity contribution is 0.0431. The van der Waals surface area contributed by atoms with Gasteiger partial charge in [-0.2, -0.15) is 0 Å². The Kier molecular flexibility index (Phi) is 4.71. The van der Waals surface area contributed by atoms with Crippen LogP contribution in [0.2, 0.25) is 0 Å². The lowest BCUT2D eigenvalue weighted by atomic mass is 10.1. The maximum absolute atomic E-state index is 9.83. The molecule has 0 aliphatic carbocycles. The minimum absolute atomic E-state index is 0.568. The summed E-state index contributed by atoms with van der Waals surface area (Å²) in [6.07, 6.45) is 1.26. The molecule has 0 bridgehead atoms. The molecule has 0 saturated carbocycles. The molecule has 1 N–H and O–H groups in total. The standard InChI is InChI=1S/C15H23NOS/c1-15(2,17)12-16-9-8-13(10-16)11-18-14-6-4-3-5-7-14/h3-7,13,17H,8-12H2,1-2H3. The van der Waals surface area contributed by atoms with E-state index in [-0.39, 0.29) is 0 Å². The van der Waals surface area contributed by atoms with E-state index in [9.17, 15) is 5.11 Å². The number of benzene rings is 1. The Hall–Kier alpha value is -0.510. The van der Waals surface area contributed by atoms with Crippen LogP contribution in [0.25, 0.3) is 0 Å². The third-order valence-corrected chi connectivity index (χ3v) is 4.45. The van der Waals surface area contributed by atoms with Crippen molar-refractivity contribution in [3.05, 3.63) is 30.3 Å². The van der Waals surface area contributed by atoms with Gasteiger partial charge in [0.05, 0.1) is 5.60 Å². The fourth-order valence-electron chi connectivity index (χ4n) is 2.47. The van der Waals surface area contributed by atoms with Crippen LogP contribution < -0.4 is 0 Å². The highest BCUT2D eigenvalue weighted by Gasteiger charge is 2.26. The molecular weight excluding hydrogens is 242 g/mol. The van der Waals surface area contributed by atoms with Crippen molar-refractivity contribution < 1.29 is 5.11 Å². The van der Waals surface area contributed by atoms with Crippen molar-refractivity contribution in [1.82, 2.24) is 4.90 Å². The largest absolute Gasteiger partial charge is 0.389 e. The zero-order valence-corrected chi connectivity index (χ0v) is 12.1. The second-order valence-electron chi connectivity index (χ2n) is 5.83. The monoisotopic (exact) mass is 265 g/mol. The topological polar surface area (TPSA) is 23.5 Å². The lowest BCUT2D eigenvalue weighted by Gasteiger charge is -2.25. The molecule has 3 heteroatoms. The van der Waals surface area contributed by atoms with Crippen LogP contribution in [0, 0.1) is 5.92 Å².